The summed E-state index contributed by atoms with van der Waals surface area (Å²) >= 11 is 6.52. The van der Waals surface area contributed by atoms with E-state index in [9.17, 15) is 4.79 Å². The maximum atomic E-state index is 13.2. The molecular formula is C27H29ClN4O3. The molecule has 35 heavy (non-hydrogen) atoms. The average Bonchev–Trinajstić information content (AvgIpc) is 3.26. The number of aromatic nitrogens is 2. The summed E-state index contributed by atoms with van der Waals surface area (Å²) < 4.78 is 12.0. The number of benzene rings is 1. The highest BCUT2D eigenvalue weighted by atomic mass is 35.5. The van der Waals surface area contributed by atoms with Crippen molar-refractivity contribution in [1.29, 1.82) is 0 Å². The molecule has 0 bridgehead atoms. The van der Waals surface area contributed by atoms with Gasteiger partial charge in [-0.1, -0.05) is 24.6 Å². The third kappa shape index (κ3) is 3.96. The summed E-state index contributed by atoms with van der Waals surface area (Å²) in [7, 11) is 0. The summed E-state index contributed by atoms with van der Waals surface area (Å²) in [6, 6.07) is 7.75. The molecule has 3 aromatic rings. The number of aromatic amines is 1. The molecule has 182 valence electrons. The Kier molecular flexibility index (Phi) is 5.69. The molecule has 4 heterocycles. The summed E-state index contributed by atoms with van der Waals surface area (Å²) in [6.45, 7) is 3.99. The lowest BCUT2D eigenvalue weighted by Crippen LogP contribution is -2.39. The monoisotopic (exact) mass is 492 g/mol. The predicted octanol–water partition coefficient (Wildman–Crippen LogP) is 5.37. The fraction of sp³-hybridized carbons (Fsp3) is 0.407. The van der Waals surface area contributed by atoms with Gasteiger partial charge in [-0.2, -0.15) is 0 Å². The van der Waals surface area contributed by atoms with Crippen LogP contribution in [0.3, 0.4) is 0 Å². The molecule has 0 unspecified atom stereocenters. The number of anilines is 2. The van der Waals surface area contributed by atoms with Gasteiger partial charge in [0, 0.05) is 46.7 Å². The topological polar surface area (TPSA) is 88.3 Å². The molecule has 1 spiro atoms. The molecule has 1 aliphatic carbocycles. The predicted molar refractivity (Wildman–Crippen MR) is 136 cm³/mol. The third-order valence-electron chi connectivity index (χ3n) is 7.43. The van der Waals surface area contributed by atoms with Crippen LogP contribution in [-0.4, -0.2) is 41.7 Å². The molecule has 2 aromatic heterocycles. The summed E-state index contributed by atoms with van der Waals surface area (Å²) in [5.74, 6) is 0.593. The second-order valence-corrected chi connectivity index (χ2v) is 10.1. The Morgan fingerprint density at radius 3 is 2.97 bits per heavy atom. The largest absolute Gasteiger partial charge is 0.489 e. The highest BCUT2D eigenvalue weighted by molar-refractivity contribution is 6.31. The van der Waals surface area contributed by atoms with Crippen LogP contribution in [-0.2, 0) is 16.6 Å². The number of amides is 1. The van der Waals surface area contributed by atoms with Crippen LogP contribution in [0.2, 0.25) is 5.02 Å². The maximum absolute atomic E-state index is 13.2. The minimum absolute atomic E-state index is 0.0222. The van der Waals surface area contributed by atoms with Crippen molar-refractivity contribution in [3.05, 3.63) is 58.5 Å². The van der Waals surface area contributed by atoms with E-state index in [0.717, 1.165) is 72.6 Å². The van der Waals surface area contributed by atoms with Gasteiger partial charge in [0.15, 0.2) is 0 Å². The van der Waals surface area contributed by atoms with E-state index in [2.05, 4.69) is 27.5 Å². The van der Waals surface area contributed by atoms with E-state index in [1.54, 1.807) is 12.4 Å². The van der Waals surface area contributed by atoms with Crippen LogP contribution in [0.15, 0.2) is 36.7 Å². The van der Waals surface area contributed by atoms with Gasteiger partial charge in [0.2, 0.25) is 0 Å². The first-order valence-corrected chi connectivity index (χ1v) is 12.8. The van der Waals surface area contributed by atoms with Crippen LogP contribution in [0, 0.1) is 0 Å². The Bertz CT molecular complexity index is 1280. The number of halogens is 1. The summed E-state index contributed by atoms with van der Waals surface area (Å²) in [5.41, 5.74) is 5.98. The van der Waals surface area contributed by atoms with Crippen molar-refractivity contribution >= 4 is 28.9 Å². The summed E-state index contributed by atoms with van der Waals surface area (Å²) in [5, 5.41) is 7.40. The van der Waals surface area contributed by atoms with E-state index in [0.29, 0.717) is 29.5 Å². The van der Waals surface area contributed by atoms with Gasteiger partial charge in [-0.25, -0.2) is 0 Å². The molecule has 1 saturated carbocycles. The normalized spacial score (nSPS) is 19.9. The number of nitrogens with zero attached hydrogens (tertiary/aromatic N) is 1. The van der Waals surface area contributed by atoms with Gasteiger partial charge in [-0.3, -0.25) is 9.78 Å². The zero-order valence-electron chi connectivity index (χ0n) is 19.7. The van der Waals surface area contributed by atoms with Crippen LogP contribution in [0.4, 0.5) is 11.4 Å². The van der Waals surface area contributed by atoms with E-state index in [1.165, 1.54) is 0 Å². The SMILES string of the molecule is CCc1c(Cl)cccc1Nc1c(-c2ccncc2OC[C@@H]2CCCO2)[nH]c2c1C(=O)NCC21CC1. The number of pyridine rings is 1. The number of carbonyl (C=O) groups excluding carboxylic acids is 1. The van der Waals surface area contributed by atoms with Crippen LogP contribution in [0.25, 0.3) is 11.3 Å². The summed E-state index contributed by atoms with van der Waals surface area (Å²) in [4.78, 5) is 21.2. The van der Waals surface area contributed by atoms with E-state index in [1.807, 2.05) is 24.3 Å². The number of nitrogens with one attached hydrogen (secondary N) is 3. The number of ether oxygens (including phenoxy) is 2. The lowest BCUT2D eigenvalue weighted by Gasteiger charge is -2.23. The average molecular weight is 493 g/mol. The minimum Gasteiger partial charge on any atom is -0.489 e. The van der Waals surface area contributed by atoms with Crippen molar-refractivity contribution in [3.63, 3.8) is 0 Å². The van der Waals surface area contributed by atoms with Crippen molar-refractivity contribution in [2.45, 2.75) is 50.5 Å². The van der Waals surface area contributed by atoms with Gasteiger partial charge >= 0.3 is 0 Å². The molecule has 6 rings (SSSR count). The molecule has 1 atom stereocenters. The van der Waals surface area contributed by atoms with Crippen LogP contribution in [0.1, 0.15) is 54.2 Å². The molecule has 3 aliphatic rings. The Labute approximate surface area is 209 Å². The third-order valence-corrected chi connectivity index (χ3v) is 7.79. The minimum atomic E-state index is -0.0709. The molecule has 1 amide bonds. The molecule has 0 radical (unpaired) electrons. The van der Waals surface area contributed by atoms with Crippen molar-refractivity contribution < 1.29 is 14.3 Å². The van der Waals surface area contributed by atoms with E-state index < -0.39 is 0 Å². The van der Waals surface area contributed by atoms with E-state index in [-0.39, 0.29) is 17.4 Å². The highest BCUT2D eigenvalue weighted by Gasteiger charge is 2.51. The number of hydrogen-bond acceptors (Lipinski definition) is 5. The van der Waals surface area contributed by atoms with Crippen LogP contribution in [0.5, 0.6) is 5.75 Å². The molecule has 1 saturated heterocycles. The zero-order valence-corrected chi connectivity index (χ0v) is 20.5. The van der Waals surface area contributed by atoms with Gasteiger partial charge in [-0.15, -0.1) is 0 Å². The van der Waals surface area contributed by atoms with Crippen molar-refractivity contribution in [3.8, 4) is 17.0 Å². The number of rotatable bonds is 7. The van der Waals surface area contributed by atoms with Gasteiger partial charge < -0.3 is 25.1 Å². The lowest BCUT2D eigenvalue weighted by molar-refractivity contribution is 0.0680. The first kappa shape index (κ1) is 22.4. The quantitative estimate of drug-likeness (QED) is 0.412. The van der Waals surface area contributed by atoms with Gasteiger partial charge in [0.05, 0.1) is 29.2 Å². The number of fused-ring (bicyclic) bond motifs is 2. The van der Waals surface area contributed by atoms with Crippen molar-refractivity contribution in [2.75, 3.05) is 25.1 Å². The Hall–Kier alpha value is -3.03. The Morgan fingerprint density at radius 1 is 1.31 bits per heavy atom. The first-order chi connectivity index (χ1) is 17.1. The van der Waals surface area contributed by atoms with E-state index >= 15 is 0 Å². The molecular weight excluding hydrogens is 464 g/mol. The number of carbonyl (C=O) groups is 1. The fourth-order valence-corrected chi connectivity index (χ4v) is 5.59. The maximum Gasteiger partial charge on any atom is 0.255 e. The number of H-pyrrole nitrogens is 1. The van der Waals surface area contributed by atoms with Crippen LogP contribution >= 0.6 is 11.6 Å². The van der Waals surface area contributed by atoms with Gasteiger partial charge in [-0.05, 0) is 55.9 Å². The van der Waals surface area contributed by atoms with Gasteiger partial charge in [0.1, 0.15) is 12.4 Å². The van der Waals surface area contributed by atoms with Gasteiger partial charge in [0.25, 0.3) is 5.91 Å². The number of hydrogen-bond donors (Lipinski definition) is 3. The summed E-state index contributed by atoms with van der Waals surface area (Å²) in [6.07, 6.45) is 8.51. The molecule has 1 aromatic carbocycles. The molecule has 7 nitrogen and oxygen atoms in total. The van der Waals surface area contributed by atoms with Crippen molar-refractivity contribution in [2.24, 2.45) is 0 Å². The zero-order chi connectivity index (χ0) is 24.0. The highest BCUT2D eigenvalue weighted by Crippen LogP contribution is 2.54. The second-order valence-electron chi connectivity index (χ2n) is 9.65. The molecule has 3 N–H and O–H groups in total. The standard InChI is InChI=1S/C27H29ClN4O3/c1-2-17-19(28)6-3-7-20(17)31-24-22-25(27(9-10-27)15-30-26(22)33)32-23(24)18-8-11-29-13-21(18)35-14-16-5-4-12-34-16/h3,6-8,11,13,16,31-32H,2,4-5,9-10,12,14-15H2,1H3,(H,30,33)/t16-/m0/s1. The Morgan fingerprint density at radius 2 is 2.20 bits per heavy atom. The van der Waals surface area contributed by atoms with Crippen LogP contribution < -0.4 is 15.4 Å². The molecule has 2 aliphatic heterocycles. The second kappa shape index (κ2) is 8.88. The lowest BCUT2D eigenvalue weighted by atomic mass is 9.93. The van der Waals surface area contributed by atoms with Crippen molar-refractivity contribution in [1.82, 2.24) is 15.3 Å². The smallest absolute Gasteiger partial charge is 0.255 e. The molecule has 2 fully saturated rings. The first-order valence-electron chi connectivity index (χ1n) is 12.4. The molecule has 8 heteroatoms. The Balaban J connectivity index is 1.47. The van der Waals surface area contributed by atoms with E-state index in [4.69, 9.17) is 21.1 Å². The fourth-order valence-electron chi connectivity index (χ4n) is 5.29.